The van der Waals surface area contributed by atoms with Crippen molar-refractivity contribution in [3.63, 3.8) is 0 Å². The average molecular weight is 350 g/mol. The third-order valence-electron chi connectivity index (χ3n) is 4.92. The van der Waals surface area contributed by atoms with Crippen LogP contribution in [0.25, 0.3) is 0 Å². The zero-order valence-electron chi connectivity index (χ0n) is 14.3. The fourth-order valence-electron chi connectivity index (χ4n) is 3.43. The van der Waals surface area contributed by atoms with Gasteiger partial charge in [0, 0.05) is 56.5 Å². The van der Waals surface area contributed by atoms with Gasteiger partial charge in [-0.1, -0.05) is 17.7 Å². The fourth-order valence-corrected chi connectivity index (χ4v) is 3.62. The summed E-state index contributed by atoms with van der Waals surface area (Å²) in [5.74, 6) is 0.729. The Hall–Kier alpha value is -1.46. The lowest BCUT2D eigenvalue weighted by Gasteiger charge is -2.36. The van der Waals surface area contributed by atoms with E-state index in [9.17, 15) is 0 Å². The van der Waals surface area contributed by atoms with Crippen molar-refractivity contribution in [3.8, 4) is 0 Å². The van der Waals surface area contributed by atoms with Crippen molar-refractivity contribution in [2.24, 2.45) is 10.7 Å². The van der Waals surface area contributed by atoms with E-state index >= 15 is 0 Å². The molecular formula is C18H28ClN5. The zero-order valence-corrected chi connectivity index (χ0v) is 15.1. The van der Waals surface area contributed by atoms with Crippen LogP contribution in [-0.4, -0.2) is 68.1 Å². The third kappa shape index (κ3) is 4.77. The number of benzene rings is 1. The second kappa shape index (κ2) is 8.58. The Morgan fingerprint density at radius 3 is 2.50 bits per heavy atom. The van der Waals surface area contributed by atoms with Crippen LogP contribution in [0.2, 0.25) is 5.02 Å². The van der Waals surface area contributed by atoms with Crippen molar-refractivity contribution in [1.29, 1.82) is 0 Å². The van der Waals surface area contributed by atoms with Crippen LogP contribution in [0.15, 0.2) is 29.3 Å². The van der Waals surface area contributed by atoms with Crippen molar-refractivity contribution >= 4 is 23.2 Å². The number of aliphatic imine (C=N–C) groups is 1. The van der Waals surface area contributed by atoms with Crippen molar-refractivity contribution < 1.29 is 0 Å². The first-order chi connectivity index (χ1) is 11.7. The van der Waals surface area contributed by atoms with Crippen LogP contribution in [-0.2, 0) is 0 Å². The first kappa shape index (κ1) is 17.4. The Morgan fingerprint density at radius 1 is 1.04 bits per heavy atom. The highest BCUT2D eigenvalue weighted by molar-refractivity contribution is 6.30. The molecule has 0 bridgehead atoms. The number of nitrogens with two attached hydrogens (primary N) is 1. The lowest BCUT2D eigenvalue weighted by molar-refractivity contribution is 0.264. The van der Waals surface area contributed by atoms with Gasteiger partial charge in [0.1, 0.15) is 0 Å². The summed E-state index contributed by atoms with van der Waals surface area (Å²) < 4.78 is 0. The number of piperidine rings is 1. The molecule has 0 aliphatic carbocycles. The van der Waals surface area contributed by atoms with Gasteiger partial charge >= 0.3 is 0 Å². The van der Waals surface area contributed by atoms with Gasteiger partial charge in [0.05, 0.1) is 6.54 Å². The summed E-state index contributed by atoms with van der Waals surface area (Å²) in [5, 5.41) is 0.803. The van der Waals surface area contributed by atoms with Crippen molar-refractivity contribution in [3.05, 3.63) is 29.3 Å². The molecule has 2 aliphatic rings. The van der Waals surface area contributed by atoms with E-state index in [0.29, 0.717) is 0 Å². The van der Waals surface area contributed by atoms with E-state index in [2.05, 4.69) is 25.8 Å². The van der Waals surface area contributed by atoms with Crippen molar-refractivity contribution in [1.82, 2.24) is 9.80 Å². The van der Waals surface area contributed by atoms with Gasteiger partial charge in [-0.2, -0.15) is 0 Å². The maximum absolute atomic E-state index is 6.11. The minimum atomic E-state index is 0.729. The predicted molar refractivity (Wildman–Crippen MR) is 102 cm³/mol. The first-order valence-corrected chi connectivity index (χ1v) is 9.38. The monoisotopic (exact) mass is 349 g/mol. The molecule has 2 fully saturated rings. The molecule has 0 amide bonds. The number of hydrogen-bond donors (Lipinski definition) is 1. The number of likely N-dealkylation sites (tertiary alicyclic amines) is 1. The predicted octanol–water partition coefficient (Wildman–Crippen LogP) is 2.26. The van der Waals surface area contributed by atoms with E-state index in [4.69, 9.17) is 17.3 Å². The highest BCUT2D eigenvalue weighted by Crippen LogP contribution is 2.20. The molecule has 0 saturated carbocycles. The molecular weight excluding hydrogens is 322 g/mol. The number of anilines is 1. The number of halogens is 1. The normalized spacial score (nSPS) is 20.5. The number of piperazine rings is 1. The molecule has 6 heteroatoms. The van der Waals surface area contributed by atoms with Crippen LogP contribution >= 0.6 is 11.6 Å². The van der Waals surface area contributed by atoms with Crippen LogP contribution in [0, 0.1) is 0 Å². The summed E-state index contributed by atoms with van der Waals surface area (Å²) in [6.07, 6.45) is 3.80. The summed E-state index contributed by atoms with van der Waals surface area (Å²) in [6.45, 7) is 8.09. The molecule has 0 atom stereocenters. The number of guanidine groups is 1. The molecule has 2 heterocycles. The standard InChI is InChI=1S/C18H28ClN5/c19-16-5-4-6-17(15-16)23-13-11-22(12-14-23)10-7-21-18(20)24-8-2-1-3-9-24/h4-6,15H,1-3,7-14H2,(H2,20,21). The summed E-state index contributed by atoms with van der Waals surface area (Å²) in [6, 6.07) is 8.11. The maximum atomic E-state index is 6.11. The molecule has 0 spiro atoms. The second-order valence-electron chi connectivity index (χ2n) is 6.60. The summed E-state index contributed by atoms with van der Waals surface area (Å²) in [5.41, 5.74) is 7.33. The molecule has 1 aromatic rings. The van der Waals surface area contributed by atoms with Crippen LogP contribution in [0.1, 0.15) is 19.3 Å². The number of nitrogens with zero attached hydrogens (tertiary/aromatic N) is 4. The quantitative estimate of drug-likeness (QED) is 0.669. The molecule has 3 rings (SSSR count). The largest absolute Gasteiger partial charge is 0.370 e. The van der Waals surface area contributed by atoms with Gasteiger partial charge in [-0.25, -0.2) is 0 Å². The lowest BCUT2D eigenvalue weighted by Crippen LogP contribution is -2.47. The van der Waals surface area contributed by atoms with Crippen LogP contribution in [0.4, 0.5) is 5.69 Å². The van der Waals surface area contributed by atoms with Crippen LogP contribution < -0.4 is 10.6 Å². The highest BCUT2D eigenvalue weighted by atomic mass is 35.5. The van der Waals surface area contributed by atoms with Gasteiger partial charge in [0.15, 0.2) is 5.96 Å². The molecule has 5 nitrogen and oxygen atoms in total. The Balaban J connectivity index is 1.41. The fraction of sp³-hybridized carbons (Fsp3) is 0.611. The maximum Gasteiger partial charge on any atom is 0.191 e. The molecule has 132 valence electrons. The molecule has 2 saturated heterocycles. The Labute approximate surface area is 150 Å². The van der Waals surface area contributed by atoms with Gasteiger partial charge in [0.25, 0.3) is 0 Å². The van der Waals surface area contributed by atoms with Gasteiger partial charge in [0.2, 0.25) is 0 Å². The molecule has 24 heavy (non-hydrogen) atoms. The van der Waals surface area contributed by atoms with Crippen LogP contribution in [0.3, 0.4) is 0 Å². The van der Waals surface area contributed by atoms with Gasteiger partial charge in [-0.05, 0) is 37.5 Å². The van der Waals surface area contributed by atoms with E-state index in [-0.39, 0.29) is 0 Å². The van der Waals surface area contributed by atoms with E-state index < -0.39 is 0 Å². The van der Waals surface area contributed by atoms with E-state index in [1.807, 2.05) is 18.2 Å². The summed E-state index contributed by atoms with van der Waals surface area (Å²) >= 11 is 6.09. The molecule has 1 aromatic carbocycles. The van der Waals surface area contributed by atoms with E-state index in [0.717, 1.165) is 63.3 Å². The Bertz CT molecular complexity index is 548. The third-order valence-corrected chi connectivity index (χ3v) is 5.15. The van der Waals surface area contributed by atoms with E-state index in [1.165, 1.54) is 24.9 Å². The summed E-state index contributed by atoms with van der Waals surface area (Å²) in [7, 11) is 0. The summed E-state index contributed by atoms with van der Waals surface area (Å²) in [4.78, 5) is 11.7. The highest BCUT2D eigenvalue weighted by Gasteiger charge is 2.17. The molecule has 2 aliphatic heterocycles. The Morgan fingerprint density at radius 2 is 1.79 bits per heavy atom. The average Bonchev–Trinajstić information content (AvgIpc) is 2.63. The molecule has 0 unspecified atom stereocenters. The molecule has 0 radical (unpaired) electrons. The van der Waals surface area contributed by atoms with Crippen molar-refractivity contribution in [2.75, 3.05) is 57.3 Å². The number of hydrogen-bond acceptors (Lipinski definition) is 3. The van der Waals surface area contributed by atoms with Gasteiger partial charge in [-0.15, -0.1) is 0 Å². The second-order valence-corrected chi connectivity index (χ2v) is 7.03. The smallest absolute Gasteiger partial charge is 0.191 e. The minimum absolute atomic E-state index is 0.729. The topological polar surface area (TPSA) is 48.1 Å². The SMILES string of the molecule is NC(=NCCN1CCN(c2cccc(Cl)c2)CC1)N1CCCCC1. The van der Waals surface area contributed by atoms with Crippen molar-refractivity contribution in [2.45, 2.75) is 19.3 Å². The van der Waals surface area contributed by atoms with E-state index in [1.54, 1.807) is 0 Å². The lowest BCUT2D eigenvalue weighted by atomic mass is 10.1. The van der Waals surface area contributed by atoms with Crippen LogP contribution in [0.5, 0.6) is 0 Å². The van der Waals surface area contributed by atoms with Gasteiger partial charge < -0.3 is 15.5 Å². The number of rotatable bonds is 4. The first-order valence-electron chi connectivity index (χ1n) is 9.00. The molecule has 2 N–H and O–H groups in total. The molecule has 0 aromatic heterocycles. The van der Waals surface area contributed by atoms with Gasteiger partial charge in [-0.3, -0.25) is 9.89 Å². The Kier molecular flexibility index (Phi) is 6.21. The minimum Gasteiger partial charge on any atom is -0.370 e. The zero-order chi connectivity index (χ0) is 16.8.